The maximum absolute atomic E-state index is 14.2. The minimum Gasteiger partial charge on any atom is -0.468 e. The number of hydrogen-bond donors (Lipinski definition) is 0. The Labute approximate surface area is 186 Å². The third-order valence-electron chi connectivity index (χ3n) is 5.45. The molecular formula is C21H18F3N7O2. The van der Waals surface area contributed by atoms with Crippen molar-refractivity contribution >= 4 is 12.2 Å². The van der Waals surface area contributed by atoms with Crippen molar-refractivity contribution in [2.45, 2.75) is 18.6 Å². The van der Waals surface area contributed by atoms with Crippen LogP contribution in [0.5, 0.6) is 5.88 Å². The molecule has 0 radical (unpaired) electrons. The Hall–Kier alpha value is -3.96. The molecule has 2 amide bonds. The minimum atomic E-state index is -0.723. The predicted octanol–water partition coefficient (Wildman–Crippen LogP) is 2.91. The van der Waals surface area contributed by atoms with E-state index in [4.69, 9.17) is 4.74 Å². The third kappa shape index (κ3) is 3.99. The van der Waals surface area contributed by atoms with Gasteiger partial charge in [0.15, 0.2) is 5.82 Å². The van der Waals surface area contributed by atoms with Gasteiger partial charge < -0.3 is 14.2 Å². The van der Waals surface area contributed by atoms with Gasteiger partial charge in [0.1, 0.15) is 23.4 Å². The number of carbonyl (C=O) groups is 1. The summed E-state index contributed by atoms with van der Waals surface area (Å²) in [5.74, 6) is -2.12. The van der Waals surface area contributed by atoms with Crippen molar-refractivity contribution in [2.75, 3.05) is 13.1 Å². The molecule has 2 aliphatic rings. The lowest BCUT2D eigenvalue weighted by atomic mass is 10.0. The van der Waals surface area contributed by atoms with E-state index in [9.17, 15) is 18.0 Å². The number of carbonyl (C=O) groups excluding carboxylic acids is 1. The van der Waals surface area contributed by atoms with E-state index in [0.717, 1.165) is 12.3 Å². The van der Waals surface area contributed by atoms with Crippen LogP contribution in [-0.4, -0.2) is 60.9 Å². The zero-order chi connectivity index (χ0) is 23.1. The van der Waals surface area contributed by atoms with Crippen LogP contribution in [0.15, 0.2) is 42.0 Å². The van der Waals surface area contributed by atoms with Crippen molar-refractivity contribution in [1.29, 1.82) is 0 Å². The van der Waals surface area contributed by atoms with Gasteiger partial charge in [-0.2, -0.15) is 14.5 Å². The summed E-state index contributed by atoms with van der Waals surface area (Å²) < 4.78 is 48.8. The summed E-state index contributed by atoms with van der Waals surface area (Å²) in [6.07, 6.45) is 5.53. The van der Waals surface area contributed by atoms with E-state index in [-0.39, 0.29) is 24.8 Å². The van der Waals surface area contributed by atoms with Gasteiger partial charge >= 0.3 is 6.03 Å². The summed E-state index contributed by atoms with van der Waals surface area (Å²) in [5, 5.41) is 5.26. The highest BCUT2D eigenvalue weighted by atomic mass is 19.1. The Bertz CT molecular complexity index is 1220. The molecule has 0 N–H and O–H groups in total. The number of hydrazone groups is 1. The number of aromatic nitrogens is 4. The van der Waals surface area contributed by atoms with Gasteiger partial charge in [-0.15, -0.1) is 0 Å². The third-order valence-corrected chi connectivity index (χ3v) is 5.45. The standard InChI is InChI=1S/C21H18F3N7O2/c1-29-11-25-8-18(29)19-26-7-16(24)20(28-19)33-15-9-30(10-15)21(32)31-17(2-3-27-31)12-4-13(22)6-14(23)5-12/h3-8,11,15,17H,2,9-10H2,1H3/t17-/m0/s1. The average molecular weight is 457 g/mol. The van der Waals surface area contributed by atoms with Crippen LogP contribution in [-0.2, 0) is 7.05 Å². The van der Waals surface area contributed by atoms with Gasteiger partial charge in [-0.1, -0.05) is 0 Å². The monoisotopic (exact) mass is 457 g/mol. The molecule has 170 valence electrons. The first-order valence-corrected chi connectivity index (χ1v) is 10.1. The number of hydrogen-bond acceptors (Lipinski definition) is 6. The number of likely N-dealkylation sites (tertiary alicyclic amines) is 1. The molecule has 2 aliphatic heterocycles. The lowest BCUT2D eigenvalue weighted by Gasteiger charge is -2.40. The van der Waals surface area contributed by atoms with E-state index in [1.807, 2.05) is 0 Å². The smallest absolute Gasteiger partial charge is 0.341 e. The van der Waals surface area contributed by atoms with Gasteiger partial charge in [0.05, 0.1) is 37.9 Å². The molecule has 2 aromatic heterocycles. The molecule has 1 atom stereocenters. The van der Waals surface area contributed by atoms with Crippen LogP contribution < -0.4 is 4.74 Å². The Morgan fingerprint density at radius 2 is 1.88 bits per heavy atom. The molecule has 0 unspecified atom stereocenters. The fourth-order valence-corrected chi connectivity index (χ4v) is 3.74. The summed E-state index contributed by atoms with van der Waals surface area (Å²) >= 11 is 0. The van der Waals surface area contributed by atoms with E-state index in [1.54, 1.807) is 24.1 Å². The molecule has 1 saturated heterocycles. The zero-order valence-corrected chi connectivity index (χ0v) is 17.4. The highest BCUT2D eigenvalue weighted by Gasteiger charge is 2.39. The lowest BCUT2D eigenvalue weighted by Crippen LogP contribution is -2.59. The van der Waals surface area contributed by atoms with Gasteiger partial charge in [0.25, 0.3) is 5.88 Å². The van der Waals surface area contributed by atoms with E-state index in [1.165, 1.54) is 28.3 Å². The molecule has 9 nitrogen and oxygen atoms in total. The molecule has 1 fully saturated rings. The minimum absolute atomic E-state index is 0.180. The Kier molecular flexibility index (Phi) is 5.19. The van der Waals surface area contributed by atoms with E-state index < -0.39 is 35.6 Å². The van der Waals surface area contributed by atoms with Gasteiger partial charge in [-0.25, -0.2) is 28.6 Å². The second kappa shape index (κ2) is 8.19. The van der Waals surface area contributed by atoms with Crippen LogP contribution in [0, 0.1) is 17.5 Å². The van der Waals surface area contributed by atoms with Crippen molar-refractivity contribution in [3.8, 4) is 17.4 Å². The Morgan fingerprint density at radius 1 is 1.12 bits per heavy atom. The number of nitrogens with zero attached hydrogens (tertiary/aromatic N) is 7. The quantitative estimate of drug-likeness (QED) is 0.601. The van der Waals surface area contributed by atoms with Gasteiger partial charge in [-0.3, -0.25) is 0 Å². The van der Waals surface area contributed by atoms with Crippen molar-refractivity contribution in [2.24, 2.45) is 12.1 Å². The summed E-state index contributed by atoms with van der Waals surface area (Å²) in [4.78, 5) is 26.4. The van der Waals surface area contributed by atoms with Crippen LogP contribution >= 0.6 is 0 Å². The second-order valence-electron chi connectivity index (χ2n) is 7.76. The molecule has 0 aliphatic carbocycles. The Morgan fingerprint density at radius 3 is 2.58 bits per heavy atom. The van der Waals surface area contributed by atoms with E-state index >= 15 is 0 Å². The van der Waals surface area contributed by atoms with Gasteiger partial charge in [0.2, 0.25) is 5.82 Å². The fourth-order valence-electron chi connectivity index (χ4n) is 3.74. The first-order valence-electron chi connectivity index (χ1n) is 10.1. The number of halogens is 3. The highest BCUT2D eigenvalue weighted by molar-refractivity contribution is 5.79. The molecular weight excluding hydrogens is 439 g/mol. The maximum atomic E-state index is 14.2. The molecule has 5 rings (SSSR count). The van der Waals surface area contributed by atoms with Crippen LogP contribution in [0.3, 0.4) is 0 Å². The van der Waals surface area contributed by atoms with Crippen molar-refractivity contribution in [1.82, 2.24) is 29.4 Å². The molecule has 1 aromatic carbocycles. The number of urea groups is 1. The van der Waals surface area contributed by atoms with Crippen LogP contribution in [0.4, 0.5) is 18.0 Å². The van der Waals surface area contributed by atoms with Gasteiger partial charge in [0, 0.05) is 25.7 Å². The summed E-state index contributed by atoms with van der Waals surface area (Å²) in [5.41, 5.74) is 0.911. The first kappa shape index (κ1) is 20.9. The van der Waals surface area contributed by atoms with Crippen molar-refractivity contribution in [3.63, 3.8) is 0 Å². The van der Waals surface area contributed by atoms with E-state index in [0.29, 0.717) is 17.7 Å². The van der Waals surface area contributed by atoms with Crippen LogP contribution in [0.1, 0.15) is 18.0 Å². The zero-order valence-electron chi connectivity index (χ0n) is 17.4. The summed E-state index contributed by atoms with van der Waals surface area (Å²) in [7, 11) is 1.76. The number of ether oxygens (including phenoxy) is 1. The number of amides is 2. The highest BCUT2D eigenvalue weighted by Crippen LogP contribution is 2.31. The van der Waals surface area contributed by atoms with Crippen LogP contribution in [0.25, 0.3) is 11.5 Å². The summed E-state index contributed by atoms with van der Waals surface area (Å²) in [6, 6.07) is 2.10. The predicted molar refractivity (Wildman–Crippen MR) is 110 cm³/mol. The van der Waals surface area contributed by atoms with Crippen molar-refractivity contribution < 1.29 is 22.7 Å². The molecule has 0 saturated carbocycles. The fraction of sp³-hybridized carbons (Fsp3) is 0.286. The lowest BCUT2D eigenvalue weighted by molar-refractivity contribution is 0.0230. The van der Waals surface area contributed by atoms with E-state index in [2.05, 4.69) is 20.1 Å². The molecule has 4 heterocycles. The first-order chi connectivity index (χ1) is 15.9. The summed E-state index contributed by atoms with van der Waals surface area (Å²) in [6.45, 7) is 0.360. The average Bonchev–Trinajstić information content (AvgIpc) is 3.39. The largest absolute Gasteiger partial charge is 0.468 e. The second-order valence-corrected chi connectivity index (χ2v) is 7.76. The normalized spacial score (nSPS) is 18.0. The Balaban J connectivity index is 1.24. The topological polar surface area (TPSA) is 88.7 Å². The number of benzene rings is 1. The molecule has 0 bridgehead atoms. The number of aryl methyl sites for hydroxylation is 1. The SMILES string of the molecule is Cn1cncc1-c1ncc(F)c(OC2CN(C(=O)N3N=CC[C@H]3c3cc(F)cc(F)c3)C2)n1. The molecule has 33 heavy (non-hydrogen) atoms. The van der Waals surface area contributed by atoms with Gasteiger partial charge in [-0.05, 0) is 17.7 Å². The molecule has 0 spiro atoms. The molecule has 12 heteroatoms. The molecule has 3 aromatic rings. The number of rotatable bonds is 4. The number of imidazole rings is 1. The maximum Gasteiger partial charge on any atom is 0.341 e. The van der Waals surface area contributed by atoms with Crippen LogP contribution in [0.2, 0.25) is 0 Å². The van der Waals surface area contributed by atoms with Crippen molar-refractivity contribution in [3.05, 3.63) is 59.9 Å².